The highest BCUT2D eigenvalue weighted by molar-refractivity contribution is 5.88. The van der Waals surface area contributed by atoms with E-state index in [2.05, 4.69) is 31.2 Å². The third kappa shape index (κ3) is 4.51. The molecule has 0 bridgehead atoms. The number of aryl methyl sites for hydroxylation is 2. The first-order valence-electron chi connectivity index (χ1n) is 9.21. The molecule has 0 saturated carbocycles. The van der Waals surface area contributed by atoms with Crippen LogP contribution in [0.15, 0.2) is 42.5 Å². The monoisotopic (exact) mass is 351 g/mol. The number of hydrogen-bond acceptors (Lipinski definition) is 2. The SMILES string of the molecule is Cc1ccc(CCCCC(=O)N2CCc3ccc(C(=O)O)cc3C2)cc1. The fraction of sp³-hybridized carbons (Fsp3) is 0.364. The molecule has 0 aliphatic carbocycles. The highest BCUT2D eigenvalue weighted by atomic mass is 16.4. The van der Waals surface area contributed by atoms with Gasteiger partial charge in [-0.15, -0.1) is 0 Å². The lowest BCUT2D eigenvalue weighted by Gasteiger charge is -2.29. The maximum Gasteiger partial charge on any atom is 0.335 e. The van der Waals surface area contributed by atoms with Crippen LogP contribution in [0.1, 0.15) is 51.9 Å². The van der Waals surface area contributed by atoms with E-state index in [-0.39, 0.29) is 11.5 Å². The van der Waals surface area contributed by atoms with E-state index >= 15 is 0 Å². The summed E-state index contributed by atoms with van der Waals surface area (Å²) in [5.41, 5.74) is 4.98. The van der Waals surface area contributed by atoms with Crippen LogP contribution in [0.3, 0.4) is 0 Å². The van der Waals surface area contributed by atoms with Crippen LogP contribution in [0, 0.1) is 6.92 Å². The third-order valence-corrected chi connectivity index (χ3v) is 5.04. The molecule has 26 heavy (non-hydrogen) atoms. The molecule has 3 rings (SSSR count). The second-order valence-electron chi connectivity index (χ2n) is 7.05. The minimum atomic E-state index is -0.924. The Morgan fingerprint density at radius 1 is 1.04 bits per heavy atom. The predicted octanol–water partition coefficient (Wildman–Crippen LogP) is 3.99. The van der Waals surface area contributed by atoms with Gasteiger partial charge >= 0.3 is 5.97 Å². The van der Waals surface area contributed by atoms with E-state index in [0.29, 0.717) is 13.0 Å². The number of aromatic carboxylic acids is 1. The second kappa shape index (κ2) is 8.17. The van der Waals surface area contributed by atoms with E-state index in [9.17, 15) is 9.59 Å². The minimum Gasteiger partial charge on any atom is -0.478 e. The summed E-state index contributed by atoms with van der Waals surface area (Å²) in [6, 6.07) is 13.8. The molecule has 0 unspecified atom stereocenters. The summed E-state index contributed by atoms with van der Waals surface area (Å²) in [6.07, 6.45) is 4.23. The lowest BCUT2D eigenvalue weighted by atomic mass is 9.97. The average Bonchev–Trinajstić information content (AvgIpc) is 2.65. The van der Waals surface area contributed by atoms with Crippen molar-refractivity contribution >= 4 is 11.9 Å². The van der Waals surface area contributed by atoms with Crippen LogP contribution < -0.4 is 0 Å². The molecule has 136 valence electrons. The smallest absolute Gasteiger partial charge is 0.335 e. The Morgan fingerprint density at radius 2 is 1.81 bits per heavy atom. The third-order valence-electron chi connectivity index (χ3n) is 5.04. The number of rotatable bonds is 6. The molecule has 0 saturated heterocycles. The molecule has 1 amide bonds. The van der Waals surface area contributed by atoms with Crippen LogP contribution in [0.25, 0.3) is 0 Å². The predicted molar refractivity (Wildman–Crippen MR) is 101 cm³/mol. The molecule has 1 aliphatic heterocycles. The Bertz CT molecular complexity index is 796. The summed E-state index contributed by atoms with van der Waals surface area (Å²) in [5, 5.41) is 9.13. The molecule has 0 radical (unpaired) electrons. The first-order valence-corrected chi connectivity index (χ1v) is 9.21. The quantitative estimate of drug-likeness (QED) is 0.801. The number of fused-ring (bicyclic) bond motifs is 1. The molecule has 0 fully saturated rings. The number of carbonyl (C=O) groups is 2. The van der Waals surface area contributed by atoms with Crippen molar-refractivity contribution in [2.75, 3.05) is 6.54 Å². The Hall–Kier alpha value is -2.62. The maximum absolute atomic E-state index is 12.5. The Kier molecular flexibility index (Phi) is 5.71. The van der Waals surface area contributed by atoms with Crippen LogP contribution in [-0.4, -0.2) is 28.4 Å². The Balaban J connectivity index is 1.49. The summed E-state index contributed by atoms with van der Waals surface area (Å²) in [5.74, 6) is -0.757. The lowest BCUT2D eigenvalue weighted by molar-refractivity contribution is -0.132. The fourth-order valence-electron chi connectivity index (χ4n) is 3.42. The van der Waals surface area contributed by atoms with Crippen LogP contribution >= 0.6 is 0 Å². The van der Waals surface area contributed by atoms with E-state index in [0.717, 1.165) is 43.4 Å². The zero-order valence-electron chi connectivity index (χ0n) is 15.2. The molecule has 1 aliphatic rings. The number of benzene rings is 2. The largest absolute Gasteiger partial charge is 0.478 e. The topological polar surface area (TPSA) is 57.6 Å². The van der Waals surface area contributed by atoms with Crippen LogP contribution in [0.5, 0.6) is 0 Å². The number of unbranched alkanes of at least 4 members (excludes halogenated alkanes) is 1. The van der Waals surface area contributed by atoms with E-state index in [1.165, 1.54) is 11.1 Å². The summed E-state index contributed by atoms with van der Waals surface area (Å²) in [7, 11) is 0. The first kappa shape index (κ1) is 18.2. The van der Waals surface area contributed by atoms with Gasteiger partial charge < -0.3 is 10.0 Å². The summed E-state index contributed by atoms with van der Waals surface area (Å²) < 4.78 is 0. The highest BCUT2D eigenvalue weighted by Crippen LogP contribution is 2.21. The van der Waals surface area contributed by atoms with Crippen molar-refractivity contribution in [3.8, 4) is 0 Å². The van der Waals surface area contributed by atoms with E-state index in [4.69, 9.17) is 5.11 Å². The van der Waals surface area contributed by atoms with Gasteiger partial charge in [-0.1, -0.05) is 35.9 Å². The van der Waals surface area contributed by atoms with Crippen LogP contribution in [0.2, 0.25) is 0 Å². The van der Waals surface area contributed by atoms with Gasteiger partial charge in [0.2, 0.25) is 5.91 Å². The lowest BCUT2D eigenvalue weighted by Crippen LogP contribution is -2.35. The molecule has 0 aromatic heterocycles. The molecule has 0 spiro atoms. The van der Waals surface area contributed by atoms with Crippen molar-refractivity contribution < 1.29 is 14.7 Å². The van der Waals surface area contributed by atoms with E-state index in [1.807, 2.05) is 11.0 Å². The van der Waals surface area contributed by atoms with Crippen LogP contribution in [-0.2, 0) is 24.2 Å². The van der Waals surface area contributed by atoms with E-state index < -0.39 is 5.97 Å². The van der Waals surface area contributed by atoms with E-state index in [1.54, 1.807) is 12.1 Å². The van der Waals surface area contributed by atoms with Crippen molar-refractivity contribution in [3.05, 3.63) is 70.3 Å². The van der Waals surface area contributed by atoms with Crippen molar-refractivity contribution in [1.82, 2.24) is 4.90 Å². The zero-order chi connectivity index (χ0) is 18.5. The van der Waals surface area contributed by atoms with Gasteiger partial charge in [0.15, 0.2) is 0 Å². The van der Waals surface area contributed by atoms with Gasteiger partial charge in [0.25, 0.3) is 0 Å². The molecule has 2 aromatic carbocycles. The first-order chi connectivity index (χ1) is 12.5. The molecule has 0 atom stereocenters. The molecular formula is C22H25NO3. The zero-order valence-corrected chi connectivity index (χ0v) is 15.2. The number of carboxylic acid groups (broad SMARTS) is 1. The second-order valence-corrected chi connectivity index (χ2v) is 7.05. The van der Waals surface area contributed by atoms with Crippen molar-refractivity contribution in [3.63, 3.8) is 0 Å². The molecule has 1 heterocycles. The summed E-state index contributed by atoms with van der Waals surface area (Å²) in [4.78, 5) is 25.5. The normalized spacial score (nSPS) is 13.3. The molecule has 4 nitrogen and oxygen atoms in total. The fourth-order valence-corrected chi connectivity index (χ4v) is 3.42. The minimum absolute atomic E-state index is 0.167. The number of carbonyl (C=O) groups excluding carboxylic acids is 1. The standard InChI is InChI=1S/C22H25NO3/c1-16-6-8-17(9-7-16)4-2-3-5-21(24)23-13-12-18-10-11-19(22(25)26)14-20(18)15-23/h6-11,14H,2-5,12-13,15H2,1H3,(H,25,26). The van der Waals surface area contributed by atoms with Gasteiger partial charge in [-0.3, -0.25) is 4.79 Å². The number of amides is 1. The molecular weight excluding hydrogens is 326 g/mol. The highest BCUT2D eigenvalue weighted by Gasteiger charge is 2.21. The van der Waals surface area contributed by atoms with Gasteiger partial charge in [0, 0.05) is 19.5 Å². The molecule has 2 aromatic rings. The average molecular weight is 351 g/mol. The Morgan fingerprint density at radius 3 is 2.54 bits per heavy atom. The van der Waals surface area contributed by atoms with Gasteiger partial charge in [0.1, 0.15) is 0 Å². The summed E-state index contributed by atoms with van der Waals surface area (Å²) in [6.45, 7) is 3.32. The number of hydrogen-bond donors (Lipinski definition) is 1. The van der Waals surface area contributed by atoms with Gasteiger partial charge in [-0.05, 0) is 61.4 Å². The maximum atomic E-state index is 12.5. The molecule has 4 heteroatoms. The van der Waals surface area contributed by atoms with Gasteiger partial charge in [-0.25, -0.2) is 4.79 Å². The number of nitrogens with zero attached hydrogens (tertiary/aromatic N) is 1. The number of carboxylic acids is 1. The van der Waals surface area contributed by atoms with Crippen molar-refractivity contribution in [1.29, 1.82) is 0 Å². The van der Waals surface area contributed by atoms with Crippen molar-refractivity contribution in [2.24, 2.45) is 0 Å². The van der Waals surface area contributed by atoms with Gasteiger partial charge in [0.05, 0.1) is 5.56 Å². The molecule has 1 N–H and O–H groups in total. The van der Waals surface area contributed by atoms with Crippen molar-refractivity contribution in [2.45, 2.75) is 45.6 Å². The Labute approximate surface area is 154 Å². The van der Waals surface area contributed by atoms with Gasteiger partial charge in [-0.2, -0.15) is 0 Å². The van der Waals surface area contributed by atoms with Crippen LogP contribution in [0.4, 0.5) is 0 Å². The summed E-state index contributed by atoms with van der Waals surface area (Å²) >= 11 is 0.